The van der Waals surface area contributed by atoms with E-state index in [0.29, 0.717) is 6.10 Å². The van der Waals surface area contributed by atoms with E-state index in [1.165, 1.54) is 51.6 Å². The summed E-state index contributed by atoms with van der Waals surface area (Å²) in [6.45, 7) is 6.49. The van der Waals surface area contributed by atoms with Crippen molar-refractivity contribution in [3.05, 3.63) is 0 Å². The minimum atomic E-state index is 0.494. The molecule has 0 spiro atoms. The van der Waals surface area contributed by atoms with Crippen molar-refractivity contribution >= 4 is 0 Å². The average molecular weight is 254 g/mol. The van der Waals surface area contributed by atoms with Crippen LogP contribution in [0.5, 0.6) is 0 Å². The van der Waals surface area contributed by atoms with Gasteiger partial charge < -0.3 is 15.4 Å². The van der Waals surface area contributed by atoms with Gasteiger partial charge >= 0.3 is 0 Å². The van der Waals surface area contributed by atoms with Crippen LogP contribution in [-0.2, 0) is 4.74 Å². The second-order valence-electron chi connectivity index (χ2n) is 6.17. The summed E-state index contributed by atoms with van der Waals surface area (Å²) in [5.41, 5.74) is 5.49. The fourth-order valence-corrected chi connectivity index (χ4v) is 3.47. The maximum absolute atomic E-state index is 5.87. The molecule has 2 unspecified atom stereocenters. The number of rotatable bonds is 5. The molecule has 2 fully saturated rings. The monoisotopic (exact) mass is 254 g/mol. The van der Waals surface area contributed by atoms with Gasteiger partial charge in [-0.25, -0.2) is 0 Å². The Morgan fingerprint density at radius 1 is 1.17 bits per heavy atom. The van der Waals surface area contributed by atoms with E-state index in [1.54, 1.807) is 0 Å². The first-order valence-corrected chi connectivity index (χ1v) is 7.85. The molecule has 1 aliphatic carbocycles. The predicted molar refractivity (Wildman–Crippen MR) is 75.6 cm³/mol. The summed E-state index contributed by atoms with van der Waals surface area (Å²) in [7, 11) is 0. The van der Waals surface area contributed by atoms with Gasteiger partial charge in [-0.05, 0) is 44.6 Å². The molecule has 3 heteroatoms. The van der Waals surface area contributed by atoms with Crippen molar-refractivity contribution in [1.82, 2.24) is 4.90 Å². The minimum Gasteiger partial charge on any atom is -0.378 e. The van der Waals surface area contributed by atoms with Crippen LogP contribution >= 0.6 is 0 Å². The molecule has 0 aromatic carbocycles. The SMILES string of the molecule is CC1CCCC(N2CCC(OCCCN)CC2)C1. The first-order valence-electron chi connectivity index (χ1n) is 7.85. The van der Waals surface area contributed by atoms with Crippen molar-refractivity contribution in [1.29, 1.82) is 0 Å². The second kappa shape index (κ2) is 7.46. The third kappa shape index (κ3) is 4.22. The summed E-state index contributed by atoms with van der Waals surface area (Å²) in [4.78, 5) is 2.72. The van der Waals surface area contributed by atoms with Gasteiger partial charge in [0.25, 0.3) is 0 Å². The lowest BCUT2D eigenvalue weighted by atomic mass is 9.85. The Morgan fingerprint density at radius 2 is 1.94 bits per heavy atom. The molecule has 0 bridgehead atoms. The van der Waals surface area contributed by atoms with Gasteiger partial charge in [0.1, 0.15) is 0 Å². The molecule has 106 valence electrons. The van der Waals surface area contributed by atoms with E-state index in [0.717, 1.165) is 31.5 Å². The third-order valence-corrected chi connectivity index (χ3v) is 4.60. The molecular formula is C15H30N2O. The van der Waals surface area contributed by atoms with Crippen LogP contribution in [0.4, 0.5) is 0 Å². The Balaban J connectivity index is 1.66. The van der Waals surface area contributed by atoms with E-state index in [2.05, 4.69) is 11.8 Å². The summed E-state index contributed by atoms with van der Waals surface area (Å²) in [5, 5.41) is 0. The number of nitrogens with two attached hydrogens (primary N) is 1. The summed E-state index contributed by atoms with van der Waals surface area (Å²) in [5.74, 6) is 0.933. The number of piperidine rings is 1. The fourth-order valence-electron chi connectivity index (χ4n) is 3.47. The Kier molecular flexibility index (Phi) is 5.93. The highest BCUT2D eigenvalue weighted by molar-refractivity contribution is 4.82. The van der Waals surface area contributed by atoms with Crippen LogP contribution in [0.1, 0.15) is 51.9 Å². The predicted octanol–water partition coefficient (Wildman–Crippen LogP) is 2.39. The van der Waals surface area contributed by atoms with Gasteiger partial charge in [-0.3, -0.25) is 0 Å². The smallest absolute Gasteiger partial charge is 0.0599 e. The summed E-state index contributed by atoms with van der Waals surface area (Å²) in [6, 6.07) is 0.860. The van der Waals surface area contributed by atoms with Crippen LogP contribution in [-0.4, -0.2) is 43.3 Å². The number of nitrogens with zero attached hydrogens (tertiary/aromatic N) is 1. The van der Waals surface area contributed by atoms with Crippen molar-refractivity contribution in [2.24, 2.45) is 11.7 Å². The normalized spacial score (nSPS) is 31.7. The molecule has 1 aliphatic heterocycles. The highest BCUT2D eigenvalue weighted by atomic mass is 16.5. The zero-order valence-corrected chi connectivity index (χ0v) is 11.9. The van der Waals surface area contributed by atoms with Crippen molar-refractivity contribution in [2.45, 2.75) is 64.0 Å². The minimum absolute atomic E-state index is 0.494. The molecule has 2 atom stereocenters. The Hall–Kier alpha value is -0.120. The average Bonchev–Trinajstić information content (AvgIpc) is 2.40. The highest BCUT2D eigenvalue weighted by Crippen LogP contribution is 2.29. The molecule has 0 radical (unpaired) electrons. The first kappa shape index (κ1) is 14.3. The second-order valence-corrected chi connectivity index (χ2v) is 6.17. The van der Waals surface area contributed by atoms with Gasteiger partial charge in [0.2, 0.25) is 0 Å². The summed E-state index contributed by atoms with van der Waals surface area (Å²) in [6.07, 6.45) is 9.63. The van der Waals surface area contributed by atoms with Crippen LogP contribution in [0.3, 0.4) is 0 Å². The maximum Gasteiger partial charge on any atom is 0.0599 e. The molecule has 1 heterocycles. The molecule has 18 heavy (non-hydrogen) atoms. The van der Waals surface area contributed by atoms with Crippen LogP contribution in [0.15, 0.2) is 0 Å². The largest absolute Gasteiger partial charge is 0.378 e. The molecule has 2 rings (SSSR count). The van der Waals surface area contributed by atoms with Crippen molar-refractivity contribution in [3.63, 3.8) is 0 Å². The van der Waals surface area contributed by atoms with Crippen molar-refractivity contribution in [3.8, 4) is 0 Å². The molecule has 2 aliphatic rings. The zero-order chi connectivity index (χ0) is 12.8. The van der Waals surface area contributed by atoms with Gasteiger partial charge in [-0.1, -0.05) is 19.8 Å². The van der Waals surface area contributed by atoms with Crippen LogP contribution in [0.2, 0.25) is 0 Å². The molecule has 0 aromatic heterocycles. The van der Waals surface area contributed by atoms with Crippen LogP contribution in [0, 0.1) is 5.92 Å². The summed E-state index contributed by atoms with van der Waals surface area (Å²) >= 11 is 0. The molecule has 1 saturated heterocycles. The topological polar surface area (TPSA) is 38.5 Å². The van der Waals surface area contributed by atoms with Crippen molar-refractivity contribution < 1.29 is 4.74 Å². The lowest BCUT2D eigenvalue weighted by molar-refractivity contribution is -0.00840. The molecule has 3 nitrogen and oxygen atoms in total. The number of hydrogen-bond acceptors (Lipinski definition) is 3. The highest BCUT2D eigenvalue weighted by Gasteiger charge is 2.28. The summed E-state index contributed by atoms with van der Waals surface area (Å²) < 4.78 is 5.87. The Labute approximate surface area is 112 Å². The lowest BCUT2D eigenvalue weighted by Crippen LogP contribution is -2.45. The quantitative estimate of drug-likeness (QED) is 0.766. The van der Waals surface area contributed by atoms with Crippen molar-refractivity contribution in [2.75, 3.05) is 26.2 Å². The van der Waals surface area contributed by atoms with Gasteiger partial charge in [-0.2, -0.15) is 0 Å². The zero-order valence-electron chi connectivity index (χ0n) is 11.9. The van der Waals surface area contributed by atoms with E-state index in [4.69, 9.17) is 10.5 Å². The lowest BCUT2D eigenvalue weighted by Gasteiger charge is -2.40. The molecule has 2 N–H and O–H groups in total. The van der Waals surface area contributed by atoms with E-state index >= 15 is 0 Å². The molecule has 0 aromatic rings. The van der Waals surface area contributed by atoms with Crippen LogP contribution < -0.4 is 5.73 Å². The fraction of sp³-hybridized carbons (Fsp3) is 1.00. The standard InChI is InChI=1S/C15H30N2O/c1-13-4-2-5-14(12-13)17-9-6-15(7-10-17)18-11-3-8-16/h13-15H,2-12,16H2,1H3. The Bertz CT molecular complexity index is 227. The van der Waals surface area contributed by atoms with Gasteiger partial charge in [0.15, 0.2) is 0 Å². The van der Waals surface area contributed by atoms with Gasteiger partial charge in [0.05, 0.1) is 6.10 Å². The van der Waals surface area contributed by atoms with E-state index in [9.17, 15) is 0 Å². The number of likely N-dealkylation sites (tertiary alicyclic amines) is 1. The number of ether oxygens (including phenoxy) is 1. The number of hydrogen-bond donors (Lipinski definition) is 1. The van der Waals surface area contributed by atoms with Crippen LogP contribution in [0.25, 0.3) is 0 Å². The van der Waals surface area contributed by atoms with E-state index in [-0.39, 0.29) is 0 Å². The van der Waals surface area contributed by atoms with E-state index in [1.807, 2.05) is 0 Å². The maximum atomic E-state index is 5.87. The Morgan fingerprint density at radius 3 is 2.61 bits per heavy atom. The first-order chi connectivity index (χ1) is 8.79. The van der Waals surface area contributed by atoms with E-state index < -0.39 is 0 Å². The van der Waals surface area contributed by atoms with Gasteiger partial charge in [0, 0.05) is 25.7 Å². The molecular weight excluding hydrogens is 224 g/mol. The van der Waals surface area contributed by atoms with Gasteiger partial charge in [-0.15, -0.1) is 0 Å². The molecule has 1 saturated carbocycles. The molecule has 0 amide bonds. The third-order valence-electron chi connectivity index (χ3n) is 4.60.